The van der Waals surface area contributed by atoms with Crippen LogP contribution in [0.15, 0.2) is 261 Å². The zero-order chi connectivity index (χ0) is 54.3. The van der Waals surface area contributed by atoms with E-state index in [1.807, 2.05) is 0 Å². The maximum atomic E-state index is 2.46. The highest BCUT2D eigenvalue weighted by molar-refractivity contribution is 6.13. The van der Waals surface area contributed by atoms with Crippen molar-refractivity contribution in [2.24, 2.45) is 0 Å². The second-order valence-electron chi connectivity index (χ2n) is 22.6. The Balaban J connectivity index is 0.765. The van der Waals surface area contributed by atoms with Crippen molar-refractivity contribution in [3.63, 3.8) is 0 Å². The summed E-state index contributed by atoms with van der Waals surface area (Å²) < 4.78 is 7.30. The van der Waals surface area contributed by atoms with Crippen molar-refractivity contribution >= 4 is 65.4 Å². The molecule has 0 aliphatic heterocycles. The zero-order valence-corrected chi connectivity index (χ0v) is 46.1. The Labute approximate surface area is 472 Å². The average Bonchev–Trinajstić information content (AvgIpc) is 4.33. The molecule has 0 amide bonds. The van der Waals surface area contributed by atoms with Crippen molar-refractivity contribution in [1.82, 2.24) is 13.7 Å². The molecule has 81 heavy (non-hydrogen) atoms. The molecular weight excluding hydrogens is 979 g/mol. The van der Waals surface area contributed by atoms with Crippen LogP contribution in [0, 0.1) is 27.7 Å². The molecule has 15 aromatic rings. The van der Waals surface area contributed by atoms with Gasteiger partial charge < -0.3 is 13.7 Å². The Morgan fingerprint density at radius 3 is 0.889 bits per heavy atom. The van der Waals surface area contributed by atoms with Gasteiger partial charge in [0.05, 0.1) is 33.1 Å². The first-order chi connectivity index (χ1) is 39.7. The molecule has 0 fully saturated rings. The average molecular weight is 1040 g/mol. The fourth-order valence-electron chi connectivity index (χ4n) is 12.9. The lowest BCUT2D eigenvalue weighted by Gasteiger charge is -2.11. The first-order valence-electron chi connectivity index (χ1n) is 28.4. The number of aromatic nitrogens is 3. The van der Waals surface area contributed by atoms with Crippen LogP contribution in [0.1, 0.15) is 44.5 Å². The molecule has 0 saturated carbocycles. The zero-order valence-electron chi connectivity index (χ0n) is 46.1. The maximum Gasteiger partial charge on any atom is 0.0541 e. The van der Waals surface area contributed by atoms with E-state index in [1.165, 1.54) is 155 Å². The molecule has 0 aliphatic carbocycles. The predicted molar refractivity (Wildman–Crippen MR) is 343 cm³/mol. The van der Waals surface area contributed by atoms with Crippen LogP contribution in [0.3, 0.4) is 0 Å². The number of hydrogen-bond acceptors (Lipinski definition) is 0. The summed E-state index contributed by atoms with van der Waals surface area (Å²) in [5.41, 5.74) is 28.4. The Kier molecular flexibility index (Phi) is 11.6. The Morgan fingerprint density at radius 1 is 0.210 bits per heavy atom. The minimum atomic E-state index is 0.827. The van der Waals surface area contributed by atoms with Crippen LogP contribution in [-0.2, 0) is 12.8 Å². The topological polar surface area (TPSA) is 14.8 Å². The van der Waals surface area contributed by atoms with E-state index in [4.69, 9.17) is 0 Å². The molecule has 0 atom stereocenters. The lowest BCUT2D eigenvalue weighted by atomic mass is 9.99. The van der Waals surface area contributed by atoms with Gasteiger partial charge in [0.15, 0.2) is 0 Å². The highest BCUT2D eigenvalue weighted by atomic mass is 15.0. The number of fused-ring (bicyclic) bond motifs is 9. The SMILES string of the molecule is Cc1cccc(-c2ccc3c(c2)c2cc(C)ccc2n3-c2ccc(Cc3ccc4c(c3)c3cc(-c5cccc(C)c5)ccc3n4-c3ccc(Cc4ccc5c(c4)c4cc(-c6cccc(C)c6)ccc4n5-c4ccccc4)cc3)cc2)c1. The second kappa shape index (κ2) is 19.4. The van der Waals surface area contributed by atoms with Gasteiger partial charge in [-0.15, -0.1) is 0 Å². The molecule has 12 aromatic carbocycles. The molecule has 3 aromatic heterocycles. The van der Waals surface area contributed by atoms with E-state index in [0.717, 1.165) is 18.5 Å². The van der Waals surface area contributed by atoms with Crippen molar-refractivity contribution in [3.05, 3.63) is 305 Å². The molecule has 0 aliphatic rings. The van der Waals surface area contributed by atoms with E-state index in [1.54, 1.807) is 0 Å². The number of para-hydroxylation sites is 1. The molecule has 0 unspecified atom stereocenters. The number of rotatable bonds is 10. The summed E-state index contributed by atoms with van der Waals surface area (Å²) in [6.45, 7) is 8.69. The van der Waals surface area contributed by atoms with E-state index in [2.05, 4.69) is 302 Å². The molecule has 3 heteroatoms. The molecule has 0 spiro atoms. The normalized spacial score (nSPS) is 11.8. The number of aryl methyl sites for hydroxylation is 4. The van der Waals surface area contributed by atoms with Crippen molar-refractivity contribution in [2.45, 2.75) is 40.5 Å². The lowest BCUT2D eigenvalue weighted by molar-refractivity contribution is 1.14. The Bertz CT molecular complexity index is 4950. The molecule has 0 N–H and O–H groups in total. The van der Waals surface area contributed by atoms with Gasteiger partial charge in [0.2, 0.25) is 0 Å². The predicted octanol–water partition coefficient (Wildman–Crippen LogP) is 20.4. The molecule has 3 nitrogen and oxygen atoms in total. The van der Waals surface area contributed by atoms with E-state index >= 15 is 0 Å². The molecule has 0 radical (unpaired) electrons. The van der Waals surface area contributed by atoms with Crippen molar-refractivity contribution in [1.29, 1.82) is 0 Å². The van der Waals surface area contributed by atoms with E-state index in [9.17, 15) is 0 Å². The van der Waals surface area contributed by atoms with Crippen LogP contribution in [0.25, 0.3) is 116 Å². The second-order valence-corrected chi connectivity index (χ2v) is 22.6. The summed E-state index contributed by atoms with van der Waals surface area (Å²) in [5.74, 6) is 0. The van der Waals surface area contributed by atoms with Gasteiger partial charge in [-0.05, 0) is 205 Å². The number of hydrogen-bond donors (Lipinski definition) is 0. The quantitative estimate of drug-likeness (QED) is 0.130. The van der Waals surface area contributed by atoms with Crippen LogP contribution in [0.5, 0.6) is 0 Å². The number of benzene rings is 12. The monoisotopic (exact) mass is 1040 g/mol. The molecule has 386 valence electrons. The molecule has 3 heterocycles. The van der Waals surface area contributed by atoms with Crippen LogP contribution < -0.4 is 0 Å². The van der Waals surface area contributed by atoms with Crippen LogP contribution >= 0.6 is 0 Å². The highest BCUT2D eigenvalue weighted by Gasteiger charge is 2.19. The van der Waals surface area contributed by atoms with Gasteiger partial charge in [0, 0.05) is 49.4 Å². The largest absolute Gasteiger partial charge is 0.309 e. The van der Waals surface area contributed by atoms with Gasteiger partial charge in [-0.1, -0.05) is 174 Å². The van der Waals surface area contributed by atoms with Gasteiger partial charge in [0.1, 0.15) is 0 Å². The van der Waals surface area contributed by atoms with Crippen molar-refractivity contribution in [3.8, 4) is 50.4 Å². The van der Waals surface area contributed by atoms with Gasteiger partial charge >= 0.3 is 0 Å². The van der Waals surface area contributed by atoms with E-state index in [0.29, 0.717) is 0 Å². The van der Waals surface area contributed by atoms with Gasteiger partial charge in [-0.2, -0.15) is 0 Å². The molecular formula is C78H59N3. The standard InChI is InChI=1S/C78H59N3/c1-50-11-8-14-58(39-50)61-26-36-76-70(47-61)67-42-53(4)19-33-73(67)80(76)65-29-20-54(21-30-65)44-57-25-35-75-69(46-57)72-49-63(60-16-10-13-52(3)41-60)28-38-78(72)81(75)66-31-22-55(23-32-66)43-56-24-34-74-68(45-56)71-48-62(59-15-9-12-51(2)40-59)27-37-77(71)79(74)64-17-6-5-7-18-64/h5-42,45-49H,43-44H2,1-4H3. The lowest BCUT2D eigenvalue weighted by Crippen LogP contribution is -1.96. The van der Waals surface area contributed by atoms with Gasteiger partial charge in [-0.3, -0.25) is 0 Å². The summed E-state index contributed by atoms with van der Waals surface area (Å²) in [4.78, 5) is 0. The molecule has 15 rings (SSSR count). The van der Waals surface area contributed by atoms with Crippen molar-refractivity contribution < 1.29 is 0 Å². The van der Waals surface area contributed by atoms with Gasteiger partial charge in [-0.25, -0.2) is 0 Å². The summed E-state index contributed by atoms with van der Waals surface area (Å²) in [5, 5.41) is 7.61. The van der Waals surface area contributed by atoms with Crippen LogP contribution in [0.2, 0.25) is 0 Å². The minimum absolute atomic E-state index is 0.827. The van der Waals surface area contributed by atoms with Crippen LogP contribution in [-0.4, -0.2) is 13.7 Å². The first kappa shape index (κ1) is 48.2. The van der Waals surface area contributed by atoms with E-state index in [-0.39, 0.29) is 0 Å². The summed E-state index contributed by atoms with van der Waals surface area (Å²) in [6, 6.07) is 97.7. The number of nitrogens with zero attached hydrogens (tertiary/aromatic N) is 3. The Hall–Kier alpha value is -9.96. The third-order valence-corrected chi connectivity index (χ3v) is 16.9. The smallest absolute Gasteiger partial charge is 0.0541 e. The third kappa shape index (κ3) is 8.61. The van der Waals surface area contributed by atoms with Crippen molar-refractivity contribution in [2.75, 3.05) is 0 Å². The Morgan fingerprint density at radius 2 is 0.506 bits per heavy atom. The van der Waals surface area contributed by atoms with Crippen LogP contribution in [0.4, 0.5) is 0 Å². The first-order valence-corrected chi connectivity index (χ1v) is 28.4. The summed E-state index contributed by atoms with van der Waals surface area (Å²) >= 11 is 0. The summed E-state index contributed by atoms with van der Waals surface area (Å²) in [6.07, 6.45) is 1.66. The van der Waals surface area contributed by atoms with Gasteiger partial charge in [0.25, 0.3) is 0 Å². The highest BCUT2D eigenvalue weighted by Crippen LogP contribution is 2.40. The van der Waals surface area contributed by atoms with E-state index < -0.39 is 0 Å². The fraction of sp³-hybridized carbons (Fsp3) is 0.0769. The molecule has 0 bridgehead atoms. The maximum absolute atomic E-state index is 2.46. The third-order valence-electron chi connectivity index (χ3n) is 16.9. The summed E-state index contributed by atoms with van der Waals surface area (Å²) in [7, 11) is 0. The fourth-order valence-corrected chi connectivity index (χ4v) is 12.9. The minimum Gasteiger partial charge on any atom is -0.309 e. The molecule has 0 saturated heterocycles.